The number of nitrogens with zero attached hydrogens (tertiary/aromatic N) is 1. The first-order chi connectivity index (χ1) is 6.49. The van der Waals surface area contributed by atoms with Crippen molar-refractivity contribution in [2.24, 2.45) is 0 Å². The van der Waals surface area contributed by atoms with E-state index < -0.39 is 8.07 Å². The van der Waals surface area contributed by atoms with Crippen molar-refractivity contribution in [1.29, 1.82) is 0 Å². The molecule has 14 heavy (non-hydrogen) atoms. The van der Waals surface area contributed by atoms with Gasteiger partial charge < -0.3 is 9.47 Å². The Morgan fingerprint density at radius 2 is 2.00 bits per heavy atom. The number of hydrogen-bond acceptors (Lipinski definition) is 3. The first kappa shape index (κ1) is 13.8. The Hall–Kier alpha value is -0.163. The minimum absolute atomic E-state index is 0.360. The highest BCUT2D eigenvalue weighted by molar-refractivity contribution is 6.76. The van der Waals surface area contributed by atoms with Gasteiger partial charge in [0.05, 0.1) is 8.07 Å². The van der Waals surface area contributed by atoms with E-state index in [1.54, 1.807) is 7.11 Å². The average Bonchev–Trinajstić information content (AvgIpc) is 2.02. The van der Waals surface area contributed by atoms with Crippen LogP contribution in [0.3, 0.4) is 0 Å². The number of ether oxygens (including phenoxy) is 2. The zero-order valence-electron chi connectivity index (χ0n) is 9.88. The molecule has 0 radical (unpaired) electrons. The second-order valence-electron chi connectivity index (χ2n) is 4.60. The third-order valence-corrected chi connectivity index (χ3v) is 2.96. The Balaban J connectivity index is 3.83. The molecule has 0 N–H and O–H groups in total. The molecule has 0 aliphatic heterocycles. The maximum atomic E-state index is 5.32. The van der Waals surface area contributed by atoms with Crippen LogP contribution in [0.4, 0.5) is 0 Å². The smallest absolute Gasteiger partial charge is 0.148 e. The van der Waals surface area contributed by atoms with Crippen LogP contribution < -0.4 is 0 Å². The Morgan fingerprint density at radius 3 is 2.43 bits per heavy atom. The largest absolute Gasteiger partial charge is 0.359 e. The predicted molar refractivity (Wildman–Crippen MR) is 62.9 cm³/mol. The van der Waals surface area contributed by atoms with E-state index in [9.17, 15) is 0 Å². The Kier molecular flexibility index (Phi) is 7.09. The minimum atomic E-state index is -1.06. The molecule has 0 saturated heterocycles. The summed E-state index contributed by atoms with van der Waals surface area (Å²) in [4.78, 5) is 2.26. The van der Waals surface area contributed by atoms with Gasteiger partial charge in [-0.05, 0) is 6.17 Å². The van der Waals surface area contributed by atoms with E-state index in [1.165, 1.54) is 0 Å². The lowest BCUT2D eigenvalue weighted by molar-refractivity contribution is -0.0677. The van der Waals surface area contributed by atoms with Crippen molar-refractivity contribution in [1.82, 2.24) is 4.90 Å². The molecule has 0 saturated carbocycles. The Bertz CT molecular complexity index is 157. The lowest BCUT2D eigenvalue weighted by atomic mass is 10.6. The topological polar surface area (TPSA) is 21.7 Å². The molecule has 0 unspecified atom stereocenters. The molecule has 0 aromatic rings. The van der Waals surface area contributed by atoms with Crippen LogP contribution in [0.5, 0.6) is 0 Å². The molecule has 84 valence electrons. The highest BCUT2D eigenvalue weighted by Crippen LogP contribution is 2.04. The second kappa shape index (κ2) is 7.17. The fourth-order valence-corrected chi connectivity index (χ4v) is 2.83. The summed E-state index contributed by atoms with van der Waals surface area (Å²) in [6.07, 6.45) is 3.04. The Morgan fingerprint density at radius 1 is 1.36 bits per heavy atom. The molecule has 0 aromatic carbocycles. The Labute approximate surface area is 88.7 Å². The molecule has 0 heterocycles. The lowest BCUT2D eigenvalue weighted by Gasteiger charge is -2.27. The monoisotopic (exact) mass is 217 g/mol. The van der Waals surface area contributed by atoms with E-state index in [2.05, 4.69) is 31.1 Å². The van der Waals surface area contributed by atoms with E-state index in [0.717, 1.165) is 12.7 Å². The van der Waals surface area contributed by atoms with E-state index in [1.807, 2.05) is 6.08 Å². The molecule has 0 spiro atoms. The summed E-state index contributed by atoms with van der Waals surface area (Å²) in [5.41, 5.74) is 0. The first-order valence-electron chi connectivity index (χ1n) is 4.89. The summed E-state index contributed by atoms with van der Waals surface area (Å²) in [5.74, 6) is 0. The van der Waals surface area contributed by atoms with Crippen molar-refractivity contribution in [3.05, 3.63) is 12.7 Å². The fourth-order valence-electron chi connectivity index (χ4n) is 1.27. The molecule has 0 amide bonds. The molecule has 0 aliphatic rings. The fraction of sp³-hybridized carbons (Fsp3) is 0.800. The van der Waals surface area contributed by atoms with E-state index >= 15 is 0 Å². The summed E-state index contributed by atoms with van der Waals surface area (Å²) in [6, 6.07) is 0. The maximum Gasteiger partial charge on any atom is 0.148 e. The zero-order chi connectivity index (χ0) is 11.0. The SMILES string of the molecule is C=CCN(COCOC)C[Si](C)(C)C. The number of methoxy groups -OCH3 is 1. The molecule has 4 heteroatoms. The van der Waals surface area contributed by atoms with Crippen LogP contribution in [0.25, 0.3) is 0 Å². The maximum absolute atomic E-state index is 5.32. The molecule has 3 nitrogen and oxygen atoms in total. The van der Waals surface area contributed by atoms with Crippen LogP contribution in [-0.4, -0.2) is 46.3 Å². The van der Waals surface area contributed by atoms with Crippen LogP contribution >= 0.6 is 0 Å². The normalized spacial score (nSPS) is 12.1. The third-order valence-electron chi connectivity index (χ3n) is 1.56. The summed E-state index contributed by atoms with van der Waals surface area (Å²) < 4.78 is 10.2. The third kappa shape index (κ3) is 8.44. The molecule has 0 aliphatic carbocycles. The zero-order valence-corrected chi connectivity index (χ0v) is 10.9. The number of hydrogen-bond donors (Lipinski definition) is 0. The van der Waals surface area contributed by atoms with E-state index in [-0.39, 0.29) is 0 Å². The minimum Gasteiger partial charge on any atom is -0.359 e. The highest BCUT2D eigenvalue weighted by atomic mass is 28.3. The van der Waals surface area contributed by atoms with Gasteiger partial charge in [0.1, 0.15) is 13.5 Å². The van der Waals surface area contributed by atoms with E-state index in [4.69, 9.17) is 9.47 Å². The van der Waals surface area contributed by atoms with Crippen LogP contribution in [-0.2, 0) is 9.47 Å². The van der Waals surface area contributed by atoms with Gasteiger partial charge in [0.2, 0.25) is 0 Å². The summed E-state index contributed by atoms with van der Waals surface area (Å²) in [5, 5.41) is 0. The summed E-state index contributed by atoms with van der Waals surface area (Å²) in [6.45, 7) is 12.7. The van der Waals surface area contributed by atoms with Crippen molar-refractivity contribution < 1.29 is 9.47 Å². The second-order valence-corrected chi connectivity index (χ2v) is 10.0. The standard InChI is InChI=1S/C10H23NO2Si/c1-6-7-11(8-13-10-12-2)9-14(3,4)5/h6H,1,7-10H2,2-5H3. The van der Waals surface area contributed by atoms with Gasteiger partial charge in [-0.15, -0.1) is 6.58 Å². The molecular formula is C10H23NO2Si. The van der Waals surface area contributed by atoms with Crippen molar-refractivity contribution in [2.75, 3.05) is 33.3 Å². The van der Waals surface area contributed by atoms with Crippen molar-refractivity contribution in [3.8, 4) is 0 Å². The van der Waals surface area contributed by atoms with Gasteiger partial charge >= 0.3 is 0 Å². The molecule has 0 bridgehead atoms. The quantitative estimate of drug-likeness (QED) is 0.268. The van der Waals surface area contributed by atoms with Crippen molar-refractivity contribution >= 4 is 8.07 Å². The predicted octanol–water partition coefficient (Wildman–Crippen LogP) is 1.93. The average molecular weight is 217 g/mol. The highest BCUT2D eigenvalue weighted by Gasteiger charge is 2.17. The molecule has 0 atom stereocenters. The van der Waals surface area contributed by atoms with Crippen molar-refractivity contribution in [3.63, 3.8) is 0 Å². The molecule has 0 aromatic heterocycles. The van der Waals surface area contributed by atoms with Gasteiger partial charge in [-0.1, -0.05) is 25.7 Å². The molecular weight excluding hydrogens is 194 g/mol. The van der Waals surface area contributed by atoms with Gasteiger partial charge in [0, 0.05) is 13.7 Å². The van der Waals surface area contributed by atoms with Crippen LogP contribution in [0.15, 0.2) is 12.7 Å². The number of rotatable bonds is 8. The summed E-state index contributed by atoms with van der Waals surface area (Å²) >= 11 is 0. The van der Waals surface area contributed by atoms with Crippen LogP contribution in [0, 0.1) is 0 Å². The first-order valence-corrected chi connectivity index (χ1v) is 8.60. The van der Waals surface area contributed by atoms with Gasteiger partial charge in [-0.2, -0.15) is 0 Å². The van der Waals surface area contributed by atoms with E-state index in [0.29, 0.717) is 13.5 Å². The van der Waals surface area contributed by atoms with Crippen LogP contribution in [0.1, 0.15) is 0 Å². The molecule has 0 rings (SSSR count). The van der Waals surface area contributed by atoms with Crippen LogP contribution in [0.2, 0.25) is 19.6 Å². The van der Waals surface area contributed by atoms with Gasteiger partial charge in [0.15, 0.2) is 0 Å². The van der Waals surface area contributed by atoms with Crippen molar-refractivity contribution in [2.45, 2.75) is 19.6 Å². The summed E-state index contributed by atoms with van der Waals surface area (Å²) in [7, 11) is 0.575. The van der Waals surface area contributed by atoms with Gasteiger partial charge in [-0.3, -0.25) is 4.90 Å². The molecule has 0 fully saturated rings. The van der Waals surface area contributed by atoms with Gasteiger partial charge in [-0.25, -0.2) is 0 Å². The van der Waals surface area contributed by atoms with Gasteiger partial charge in [0.25, 0.3) is 0 Å². The lowest BCUT2D eigenvalue weighted by Crippen LogP contribution is -2.41.